The number of nitrogens with one attached hydrogen (secondary N) is 1. The first-order valence-corrected chi connectivity index (χ1v) is 7.14. The molecule has 1 aromatic carbocycles. The van der Waals surface area contributed by atoms with Gasteiger partial charge in [0.15, 0.2) is 0 Å². The average Bonchev–Trinajstić information content (AvgIpc) is 2.45. The van der Waals surface area contributed by atoms with E-state index in [1.807, 2.05) is 25.1 Å². The fourth-order valence-corrected chi connectivity index (χ4v) is 1.88. The van der Waals surface area contributed by atoms with Crippen LogP contribution in [0.2, 0.25) is 0 Å². The maximum Gasteiger partial charge on any atom is 0.148 e. The van der Waals surface area contributed by atoms with E-state index in [1.165, 1.54) is 0 Å². The van der Waals surface area contributed by atoms with Crippen molar-refractivity contribution in [3.05, 3.63) is 29.8 Å². The number of hydrogen-bond acceptors (Lipinski definition) is 3. The summed E-state index contributed by atoms with van der Waals surface area (Å²) in [7, 11) is 0. The van der Waals surface area contributed by atoms with Gasteiger partial charge in [-0.25, -0.2) is 0 Å². The first-order valence-electron chi connectivity index (χ1n) is 7.14. The Labute approximate surface area is 122 Å². The van der Waals surface area contributed by atoms with Crippen LogP contribution in [0.5, 0.6) is 5.75 Å². The fraction of sp³-hybridized carbons (Fsp3) is 0.529. The number of benzene rings is 1. The lowest BCUT2D eigenvalue weighted by Crippen LogP contribution is -2.37. The van der Waals surface area contributed by atoms with Gasteiger partial charge in [-0.2, -0.15) is 0 Å². The van der Waals surface area contributed by atoms with Gasteiger partial charge in [0, 0.05) is 24.8 Å². The van der Waals surface area contributed by atoms with Crippen molar-refractivity contribution < 1.29 is 9.47 Å². The van der Waals surface area contributed by atoms with Crippen LogP contribution in [0, 0.1) is 18.3 Å². The molecule has 20 heavy (non-hydrogen) atoms. The van der Waals surface area contributed by atoms with Crippen LogP contribution in [0.3, 0.4) is 0 Å². The minimum absolute atomic E-state index is 0.295. The Balaban J connectivity index is 2.60. The Morgan fingerprint density at radius 3 is 2.70 bits per heavy atom. The van der Waals surface area contributed by atoms with Gasteiger partial charge < -0.3 is 14.8 Å². The number of rotatable bonds is 9. The lowest BCUT2D eigenvalue weighted by molar-refractivity contribution is 0.107. The Morgan fingerprint density at radius 2 is 2.05 bits per heavy atom. The summed E-state index contributed by atoms with van der Waals surface area (Å²) in [6, 6.07) is 8.29. The van der Waals surface area contributed by atoms with Crippen LogP contribution in [-0.2, 0) is 11.3 Å². The molecule has 0 saturated carbocycles. The van der Waals surface area contributed by atoms with Crippen LogP contribution in [0.1, 0.15) is 26.3 Å². The molecule has 0 fully saturated rings. The van der Waals surface area contributed by atoms with Crippen molar-refractivity contribution in [2.24, 2.45) is 5.92 Å². The molecule has 0 heterocycles. The molecule has 0 aliphatic carbocycles. The molecule has 0 spiro atoms. The minimum Gasteiger partial charge on any atom is -0.481 e. The maximum atomic E-state index is 5.55. The third-order valence-corrected chi connectivity index (χ3v) is 3.14. The molecule has 3 heteroatoms. The fourth-order valence-electron chi connectivity index (χ4n) is 1.88. The Morgan fingerprint density at radius 1 is 1.30 bits per heavy atom. The van der Waals surface area contributed by atoms with Crippen LogP contribution >= 0.6 is 0 Å². The third-order valence-electron chi connectivity index (χ3n) is 3.14. The predicted octanol–water partition coefficient (Wildman–Crippen LogP) is 2.85. The molecule has 0 aliphatic heterocycles. The number of hydrogen-bond donors (Lipinski definition) is 1. The van der Waals surface area contributed by atoms with Gasteiger partial charge in [-0.15, -0.1) is 6.42 Å². The Hall–Kier alpha value is -1.50. The Bertz CT molecular complexity index is 423. The van der Waals surface area contributed by atoms with Gasteiger partial charge in [0.05, 0.1) is 6.61 Å². The molecule has 1 aromatic rings. The minimum atomic E-state index is 0.295. The SMILES string of the molecule is C#CCOc1ccccc1CNC(COCC)C(C)C. The average molecular weight is 275 g/mol. The summed E-state index contributed by atoms with van der Waals surface area (Å²) in [6.45, 7) is 8.91. The largest absolute Gasteiger partial charge is 0.481 e. The molecule has 110 valence electrons. The molecule has 0 bridgehead atoms. The summed E-state index contributed by atoms with van der Waals surface area (Å²) < 4.78 is 11.1. The first-order chi connectivity index (χ1) is 9.69. The van der Waals surface area contributed by atoms with E-state index in [0.29, 0.717) is 18.6 Å². The highest BCUT2D eigenvalue weighted by atomic mass is 16.5. The molecule has 0 aromatic heterocycles. The van der Waals surface area contributed by atoms with Crippen molar-refractivity contribution in [1.82, 2.24) is 5.32 Å². The van der Waals surface area contributed by atoms with Crippen molar-refractivity contribution in [1.29, 1.82) is 0 Å². The van der Waals surface area contributed by atoms with Crippen LogP contribution < -0.4 is 10.1 Å². The van der Waals surface area contributed by atoms with E-state index in [2.05, 4.69) is 31.2 Å². The summed E-state index contributed by atoms with van der Waals surface area (Å²) >= 11 is 0. The molecule has 0 radical (unpaired) electrons. The van der Waals surface area contributed by atoms with E-state index in [4.69, 9.17) is 15.9 Å². The number of terminal acetylenes is 1. The predicted molar refractivity (Wildman–Crippen MR) is 82.7 cm³/mol. The summed E-state index contributed by atoms with van der Waals surface area (Å²) in [5, 5.41) is 3.53. The van der Waals surface area contributed by atoms with Gasteiger partial charge in [-0.05, 0) is 18.9 Å². The highest BCUT2D eigenvalue weighted by Crippen LogP contribution is 2.18. The standard InChI is InChI=1S/C17H25NO2/c1-5-11-20-17-10-8-7-9-15(17)12-18-16(14(3)4)13-19-6-2/h1,7-10,14,16,18H,6,11-13H2,2-4H3. The smallest absolute Gasteiger partial charge is 0.148 e. The van der Waals surface area contributed by atoms with Gasteiger partial charge in [-0.1, -0.05) is 38.0 Å². The van der Waals surface area contributed by atoms with Crippen molar-refractivity contribution in [3.8, 4) is 18.1 Å². The van der Waals surface area contributed by atoms with Crippen LogP contribution in [-0.4, -0.2) is 25.9 Å². The van der Waals surface area contributed by atoms with Gasteiger partial charge in [-0.3, -0.25) is 0 Å². The summed E-state index contributed by atoms with van der Waals surface area (Å²) in [4.78, 5) is 0. The highest BCUT2D eigenvalue weighted by molar-refractivity contribution is 5.33. The molecule has 1 atom stereocenters. The van der Waals surface area contributed by atoms with Crippen molar-refractivity contribution in [2.45, 2.75) is 33.4 Å². The van der Waals surface area contributed by atoms with E-state index in [-0.39, 0.29) is 0 Å². The van der Waals surface area contributed by atoms with Crippen molar-refractivity contribution in [3.63, 3.8) is 0 Å². The zero-order valence-electron chi connectivity index (χ0n) is 12.7. The van der Waals surface area contributed by atoms with Crippen molar-refractivity contribution in [2.75, 3.05) is 19.8 Å². The normalized spacial score (nSPS) is 12.2. The highest BCUT2D eigenvalue weighted by Gasteiger charge is 2.13. The van der Waals surface area contributed by atoms with E-state index >= 15 is 0 Å². The Kier molecular flexibility index (Phi) is 7.79. The second-order valence-corrected chi connectivity index (χ2v) is 4.99. The zero-order chi connectivity index (χ0) is 14.8. The lowest BCUT2D eigenvalue weighted by atomic mass is 10.0. The van der Waals surface area contributed by atoms with Gasteiger partial charge in [0.2, 0.25) is 0 Å². The van der Waals surface area contributed by atoms with E-state index in [0.717, 1.165) is 31.1 Å². The molecular weight excluding hydrogens is 250 g/mol. The van der Waals surface area contributed by atoms with Crippen molar-refractivity contribution >= 4 is 0 Å². The topological polar surface area (TPSA) is 30.5 Å². The quantitative estimate of drug-likeness (QED) is 0.703. The van der Waals surface area contributed by atoms with E-state index < -0.39 is 0 Å². The molecule has 0 amide bonds. The number of para-hydroxylation sites is 1. The van der Waals surface area contributed by atoms with Gasteiger partial charge in [0.1, 0.15) is 12.4 Å². The van der Waals surface area contributed by atoms with Crippen LogP contribution in [0.25, 0.3) is 0 Å². The van der Waals surface area contributed by atoms with Crippen LogP contribution in [0.4, 0.5) is 0 Å². The lowest BCUT2D eigenvalue weighted by Gasteiger charge is -2.22. The summed E-state index contributed by atoms with van der Waals surface area (Å²) in [5.41, 5.74) is 1.12. The molecule has 0 saturated heterocycles. The van der Waals surface area contributed by atoms with Gasteiger partial charge in [0.25, 0.3) is 0 Å². The molecule has 0 aliphatic rings. The third kappa shape index (κ3) is 5.64. The summed E-state index contributed by atoms with van der Waals surface area (Å²) in [5.74, 6) is 3.85. The van der Waals surface area contributed by atoms with Crippen LogP contribution in [0.15, 0.2) is 24.3 Å². The van der Waals surface area contributed by atoms with Gasteiger partial charge >= 0.3 is 0 Å². The second kappa shape index (κ2) is 9.41. The summed E-state index contributed by atoms with van der Waals surface area (Å²) in [6.07, 6.45) is 5.24. The zero-order valence-corrected chi connectivity index (χ0v) is 12.7. The first kappa shape index (κ1) is 16.6. The molecular formula is C17H25NO2. The monoisotopic (exact) mass is 275 g/mol. The molecule has 1 unspecified atom stereocenters. The van der Waals surface area contributed by atoms with E-state index in [1.54, 1.807) is 0 Å². The van der Waals surface area contributed by atoms with E-state index in [9.17, 15) is 0 Å². The molecule has 3 nitrogen and oxygen atoms in total. The molecule has 1 rings (SSSR count). The molecule has 1 N–H and O–H groups in total. The maximum absolute atomic E-state index is 5.55. The second-order valence-electron chi connectivity index (χ2n) is 4.99. The number of ether oxygens (including phenoxy) is 2.